The molecular weight excluding hydrogens is 1830 g/mol. The van der Waals surface area contributed by atoms with E-state index in [2.05, 4.69) is 507 Å². The van der Waals surface area contributed by atoms with Gasteiger partial charge in [0.25, 0.3) is 0 Å². The largest absolute Gasteiger partial charge is 0.494 e. The number of halogens is 1. The quantitative estimate of drug-likeness (QED) is 0.0923. The first kappa shape index (κ1) is 98.3. The normalized spacial score (nSPS) is 11.8. The number of benzene rings is 16. The third-order valence-electron chi connectivity index (χ3n) is 25.7. The number of hydrogen-bond donors (Lipinski definition) is 0. The molecule has 1 saturated heterocycles. The minimum atomic E-state index is -0.367. The van der Waals surface area contributed by atoms with Gasteiger partial charge in [0.2, 0.25) is 5.28 Å². The summed E-state index contributed by atoms with van der Waals surface area (Å²) in [4.78, 5) is 27.8. The first-order valence-electron chi connectivity index (χ1n) is 47.4. The summed E-state index contributed by atoms with van der Waals surface area (Å²) in [5.41, 5.74) is 15.3. The Hall–Kier alpha value is -20.9. The van der Waals surface area contributed by atoms with Crippen molar-refractivity contribution in [1.29, 1.82) is 0 Å². The van der Waals surface area contributed by atoms with Gasteiger partial charge in [-0.15, -0.1) is 6.42 Å². The molecule has 2 aromatic heterocycles. The van der Waals surface area contributed by atoms with Crippen molar-refractivity contribution in [1.82, 2.24) is 29.9 Å². The Balaban J connectivity index is 0.000000135. The van der Waals surface area contributed by atoms with Crippen LogP contribution in [0.2, 0.25) is 5.28 Å². The van der Waals surface area contributed by atoms with Crippen LogP contribution < -0.4 is 5.46 Å². The second kappa shape index (κ2) is 45.3. The molecule has 1 fully saturated rings. The van der Waals surface area contributed by atoms with Crippen LogP contribution in [0.15, 0.2) is 303 Å². The molecule has 16 aromatic carbocycles. The van der Waals surface area contributed by atoms with E-state index in [0.29, 0.717) is 29.1 Å². The minimum absolute atomic E-state index is 0.152. The van der Waals surface area contributed by atoms with Crippen molar-refractivity contribution in [3.63, 3.8) is 0 Å². The zero-order valence-electron chi connectivity index (χ0n) is 82.4. The molecule has 0 unspecified atom stereocenters. The molecule has 0 amide bonds. The first-order valence-corrected chi connectivity index (χ1v) is 47.8. The van der Waals surface area contributed by atoms with E-state index in [4.69, 9.17) is 42.3 Å². The molecule has 0 saturated carbocycles. The van der Waals surface area contributed by atoms with Gasteiger partial charge in [-0.2, -0.15) is 9.97 Å². The Bertz CT molecular complexity index is 9980. The molecule has 0 radical (unpaired) electrons. The predicted molar refractivity (Wildman–Crippen MR) is 611 cm³/mol. The lowest BCUT2D eigenvalue weighted by Crippen LogP contribution is -2.41. The smallest absolute Gasteiger partial charge is 0.399 e. The van der Waals surface area contributed by atoms with Crippen LogP contribution in [0.3, 0.4) is 0 Å². The summed E-state index contributed by atoms with van der Waals surface area (Å²) in [7, 11) is -0.367. The third kappa shape index (κ3) is 22.1. The molecule has 2 aliphatic carbocycles. The summed E-state index contributed by atoms with van der Waals surface area (Å²) in [5.74, 6) is 100. The van der Waals surface area contributed by atoms with Crippen molar-refractivity contribution in [3.05, 3.63) is 331 Å². The molecule has 18 aromatic rings. The van der Waals surface area contributed by atoms with E-state index in [1.807, 2.05) is 97.1 Å². The maximum atomic E-state index is 6.43. The molecule has 0 N–H and O–H groups in total. The zero-order valence-corrected chi connectivity index (χ0v) is 83.2. The maximum Gasteiger partial charge on any atom is 0.494 e. The van der Waals surface area contributed by atoms with Gasteiger partial charge in [0.05, 0.1) is 11.2 Å². The number of fused-ring (bicyclic) bond motifs is 22. The Morgan fingerprint density at radius 2 is 0.497 bits per heavy atom. The number of rotatable bonds is 6. The van der Waals surface area contributed by atoms with Crippen LogP contribution in [0.4, 0.5) is 0 Å². The predicted octanol–water partition coefficient (Wildman–Crippen LogP) is 25.3. The van der Waals surface area contributed by atoms with E-state index in [-0.39, 0.29) is 34.4 Å². The van der Waals surface area contributed by atoms with Crippen molar-refractivity contribution >= 4 is 110 Å². The molecule has 8 nitrogen and oxygen atoms in total. The zero-order chi connectivity index (χ0) is 103. The average molecular weight is 1910 g/mol. The minimum Gasteiger partial charge on any atom is -0.399 e. The van der Waals surface area contributed by atoms with Crippen molar-refractivity contribution in [2.24, 2.45) is 0 Å². The van der Waals surface area contributed by atoms with Gasteiger partial charge in [0.1, 0.15) is 0 Å². The lowest BCUT2D eigenvalue weighted by molar-refractivity contribution is 0.00578. The van der Waals surface area contributed by atoms with E-state index in [9.17, 15) is 0 Å². The van der Waals surface area contributed by atoms with Crippen LogP contribution in [0.5, 0.6) is 0 Å². The van der Waals surface area contributed by atoms with Gasteiger partial charge in [-0.05, 0) is 307 Å². The Morgan fingerprint density at radius 1 is 0.228 bits per heavy atom. The van der Waals surface area contributed by atoms with Gasteiger partial charge in [-0.25, -0.2) is 19.9 Å². The van der Waals surface area contributed by atoms with Crippen LogP contribution >= 0.6 is 11.6 Å². The summed E-state index contributed by atoms with van der Waals surface area (Å²) < 4.78 is 12.9. The standard InChI is InChI=1S/C46H31N3.C41H4.C37H33BO2.C15H10ClN3/c1-46(2)40-25-31(45-48-43(29-14-5-3-6-15-29)47-44(49-45)30-16-7-4-8-17-30)22-23-35(40)38-26-37-34-20-12-11-19-33(34)36-24-21-28-13-9-10-18-32(28)42(36)39(37)27-41(38)46;1-3-5-7-9-11-13-15-17-19-21-23-25-27-29-31-33-35-37-39-41-40-38-36-34-32-30-28-26-24-22-20-18-16-14-12-10-8-6-4-2;1-35(2)32-19-23(38-39-36(3,4)37(5,6)40-38)16-18-27(32)30-20-29-26-14-10-9-13-25(26)28-17-15-22-11-7-8-12-24(22)34(28)31(29)21-33(30)35;16-15-18-13(11-7-3-1-4-8-11)17-14(19-15)12-9-5-2-6-10-12/h3-27H,1-2H3;1H,2H3;7-21H,1-6H3;1-10H. The molecule has 0 bridgehead atoms. The second-order valence-electron chi connectivity index (χ2n) is 35.8. The molecule has 10 heteroatoms. The molecule has 1 aliphatic heterocycles. The molecule has 686 valence electrons. The van der Waals surface area contributed by atoms with Gasteiger partial charge < -0.3 is 9.31 Å². The lowest BCUT2D eigenvalue weighted by Gasteiger charge is -2.32. The molecule has 3 aliphatic rings. The van der Waals surface area contributed by atoms with E-state index >= 15 is 0 Å². The monoisotopic (exact) mass is 1910 g/mol. The maximum absolute atomic E-state index is 6.43. The highest BCUT2D eigenvalue weighted by molar-refractivity contribution is 6.62. The van der Waals surface area contributed by atoms with Crippen LogP contribution in [0, 0.1) is 237 Å². The van der Waals surface area contributed by atoms with Crippen LogP contribution in [0.1, 0.15) is 84.6 Å². The molecule has 21 rings (SSSR count). The van der Waals surface area contributed by atoms with Gasteiger partial charge in [0.15, 0.2) is 29.1 Å². The highest BCUT2D eigenvalue weighted by Crippen LogP contribution is 2.55. The fraction of sp³-hybridized carbons (Fsp3) is 0.0935. The van der Waals surface area contributed by atoms with Crippen molar-refractivity contribution < 1.29 is 9.31 Å². The van der Waals surface area contributed by atoms with Crippen LogP contribution in [-0.2, 0) is 20.1 Å². The Morgan fingerprint density at radius 3 is 0.826 bits per heavy atom. The van der Waals surface area contributed by atoms with Crippen LogP contribution in [0.25, 0.3) is 165 Å². The summed E-state index contributed by atoms with van der Waals surface area (Å²) in [5, 5.41) is 21.1. The van der Waals surface area contributed by atoms with Gasteiger partial charge >= 0.3 is 7.12 Å². The summed E-state index contributed by atoms with van der Waals surface area (Å²) in [6.45, 7) is 19.6. The highest BCUT2D eigenvalue weighted by Gasteiger charge is 2.52. The fourth-order valence-electron chi connectivity index (χ4n) is 18.1. The second-order valence-corrected chi connectivity index (χ2v) is 36.2. The van der Waals surface area contributed by atoms with E-state index in [1.165, 1.54) is 131 Å². The van der Waals surface area contributed by atoms with Gasteiger partial charge in [-0.3, -0.25) is 0 Å². The topological polar surface area (TPSA) is 95.8 Å². The number of nitrogens with zero attached hydrogens (tertiary/aromatic N) is 6. The average Bonchev–Trinajstić information content (AvgIpc) is 1.58. The Labute approximate surface area is 874 Å². The van der Waals surface area contributed by atoms with E-state index in [0.717, 1.165) is 33.3 Å². The number of aromatic nitrogens is 6. The van der Waals surface area contributed by atoms with Gasteiger partial charge in [0, 0.05) is 169 Å². The van der Waals surface area contributed by atoms with Crippen LogP contribution in [-0.4, -0.2) is 48.2 Å². The van der Waals surface area contributed by atoms with Gasteiger partial charge in [-0.1, -0.05) is 307 Å². The Kier molecular flexibility index (Phi) is 29.9. The molecule has 0 atom stereocenters. The van der Waals surface area contributed by atoms with Crippen molar-refractivity contribution in [3.8, 4) is 317 Å². The summed E-state index contributed by atoms with van der Waals surface area (Å²) in [6.07, 6.45) is 4.93. The summed E-state index contributed by atoms with van der Waals surface area (Å²) in [6, 6.07) is 108. The number of hydrogen-bond acceptors (Lipinski definition) is 8. The number of terminal acetylenes is 1. The SMILES string of the molecule is C#CC#CC#CC#CC#CC#CC#CC#CC#CC#CC#CC#CC#CC#CC#CC#CC#CC#CC#CC#CC.CC1(C)c2cc(-c3nc(-c4ccccc4)nc(-c4ccccc4)n3)ccc2-c2cc3c4ccccc4c4ccc5ccccc5c4c3cc21.CC1(C)c2cc(B3OC(C)(C)C(C)(C)O3)ccc2-c2cc3c4ccccc4c4ccc5ccccc5c4c3cc21.Clc1nc(-c2ccccc2)nc(-c2ccccc2)n1. The molecule has 149 heavy (non-hydrogen) atoms. The lowest BCUT2D eigenvalue weighted by atomic mass is 9.74. The highest BCUT2D eigenvalue weighted by atomic mass is 35.5. The molecular formula is C139H78BClN6O2. The summed E-state index contributed by atoms with van der Waals surface area (Å²) >= 11 is 5.99. The first-order chi connectivity index (χ1) is 72.8. The van der Waals surface area contributed by atoms with Crippen molar-refractivity contribution in [2.75, 3.05) is 0 Å². The van der Waals surface area contributed by atoms with E-state index in [1.54, 1.807) is 6.92 Å². The third-order valence-corrected chi connectivity index (χ3v) is 25.8. The van der Waals surface area contributed by atoms with E-state index < -0.39 is 0 Å². The molecule has 0 spiro atoms. The fourth-order valence-corrected chi connectivity index (χ4v) is 18.3. The molecule has 3 heterocycles. The van der Waals surface area contributed by atoms with Crippen molar-refractivity contribution in [2.45, 2.75) is 84.3 Å².